The molecule has 0 unspecified atom stereocenters. The SMILES string of the molecule is O=[N+]([O-])c1cccc(CS(=O)(=O)c2ccc(C(F)(F)F)cc2)c1. The van der Waals surface area contributed by atoms with E-state index in [2.05, 4.69) is 0 Å². The van der Waals surface area contributed by atoms with Crippen LogP contribution in [0.15, 0.2) is 53.4 Å². The van der Waals surface area contributed by atoms with Crippen molar-refractivity contribution in [1.82, 2.24) is 0 Å². The van der Waals surface area contributed by atoms with Crippen LogP contribution in [-0.2, 0) is 21.8 Å². The number of nitrogens with zero attached hydrogens (tertiary/aromatic N) is 1. The lowest BCUT2D eigenvalue weighted by Gasteiger charge is -2.08. The van der Waals surface area contributed by atoms with E-state index >= 15 is 0 Å². The molecule has 0 fully saturated rings. The maximum atomic E-state index is 12.5. The fourth-order valence-electron chi connectivity index (χ4n) is 1.91. The quantitative estimate of drug-likeness (QED) is 0.627. The number of alkyl halides is 3. The molecular formula is C14H10F3NO4S. The highest BCUT2D eigenvalue weighted by Gasteiger charge is 2.30. The van der Waals surface area contributed by atoms with Crippen LogP contribution in [0.5, 0.6) is 0 Å². The molecule has 122 valence electrons. The molecule has 0 spiro atoms. The summed E-state index contributed by atoms with van der Waals surface area (Å²) in [4.78, 5) is 9.73. The Kier molecular flexibility index (Phi) is 4.42. The Labute approximate surface area is 129 Å². The van der Waals surface area contributed by atoms with Crippen molar-refractivity contribution in [2.75, 3.05) is 0 Å². The standard InChI is InChI=1S/C14H10F3NO4S/c15-14(16,17)11-4-6-13(7-5-11)23(21,22)9-10-2-1-3-12(8-10)18(19)20/h1-8H,9H2. The molecule has 0 radical (unpaired) electrons. The molecule has 0 atom stereocenters. The second kappa shape index (κ2) is 5.99. The summed E-state index contributed by atoms with van der Waals surface area (Å²) in [5.41, 5.74) is -1.03. The van der Waals surface area contributed by atoms with Crippen LogP contribution in [0.4, 0.5) is 18.9 Å². The van der Waals surface area contributed by atoms with E-state index in [0.29, 0.717) is 12.1 Å². The average molecular weight is 345 g/mol. The van der Waals surface area contributed by atoms with Gasteiger partial charge in [-0.15, -0.1) is 0 Å². The largest absolute Gasteiger partial charge is 0.416 e. The van der Waals surface area contributed by atoms with Crippen LogP contribution < -0.4 is 0 Å². The van der Waals surface area contributed by atoms with E-state index in [1.165, 1.54) is 18.2 Å². The molecule has 0 aliphatic heterocycles. The summed E-state index contributed by atoms with van der Waals surface area (Å²) in [6, 6.07) is 8.17. The van der Waals surface area contributed by atoms with Gasteiger partial charge in [0, 0.05) is 12.1 Å². The molecule has 0 aromatic heterocycles. The lowest BCUT2D eigenvalue weighted by Crippen LogP contribution is -2.08. The number of nitro groups is 1. The van der Waals surface area contributed by atoms with Crippen molar-refractivity contribution in [3.63, 3.8) is 0 Å². The fourth-order valence-corrected chi connectivity index (χ4v) is 3.25. The van der Waals surface area contributed by atoms with Gasteiger partial charge in [0.2, 0.25) is 0 Å². The molecule has 0 aliphatic carbocycles. The smallest absolute Gasteiger partial charge is 0.258 e. The van der Waals surface area contributed by atoms with Gasteiger partial charge in [0.05, 0.1) is 21.1 Å². The fraction of sp³-hybridized carbons (Fsp3) is 0.143. The van der Waals surface area contributed by atoms with Crippen molar-refractivity contribution in [3.05, 3.63) is 69.8 Å². The Morgan fingerprint density at radius 3 is 2.17 bits per heavy atom. The van der Waals surface area contributed by atoms with E-state index < -0.39 is 32.3 Å². The first-order chi connectivity index (χ1) is 10.6. The highest BCUT2D eigenvalue weighted by Crippen LogP contribution is 2.30. The van der Waals surface area contributed by atoms with Crippen molar-refractivity contribution in [2.24, 2.45) is 0 Å². The number of non-ortho nitro benzene ring substituents is 1. The van der Waals surface area contributed by atoms with Crippen LogP contribution in [0, 0.1) is 10.1 Å². The summed E-state index contributed by atoms with van der Waals surface area (Å²) in [6.45, 7) is 0. The van der Waals surface area contributed by atoms with Gasteiger partial charge in [0.1, 0.15) is 0 Å². The zero-order chi connectivity index (χ0) is 17.3. The second-order valence-electron chi connectivity index (χ2n) is 4.71. The van der Waals surface area contributed by atoms with Crippen LogP contribution in [0.2, 0.25) is 0 Å². The Balaban J connectivity index is 2.29. The van der Waals surface area contributed by atoms with Crippen LogP contribution in [0.1, 0.15) is 11.1 Å². The predicted molar refractivity (Wildman–Crippen MR) is 75.4 cm³/mol. The Morgan fingerprint density at radius 2 is 1.65 bits per heavy atom. The molecule has 0 amide bonds. The number of hydrogen-bond acceptors (Lipinski definition) is 4. The molecule has 0 bridgehead atoms. The molecule has 23 heavy (non-hydrogen) atoms. The van der Waals surface area contributed by atoms with Crippen molar-refractivity contribution in [1.29, 1.82) is 0 Å². The summed E-state index contributed by atoms with van der Waals surface area (Å²) in [5, 5.41) is 10.7. The topological polar surface area (TPSA) is 77.3 Å². The summed E-state index contributed by atoms with van der Waals surface area (Å²) >= 11 is 0. The maximum Gasteiger partial charge on any atom is 0.416 e. The number of sulfone groups is 1. The van der Waals surface area contributed by atoms with E-state index in [1.54, 1.807) is 0 Å². The molecule has 0 heterocycles. The number of halogens is 3. The van der Waals surface area contributed by atoms with Crippen LogP contribution in [0.3, 0.4) is 0 Å². The molecule has 0 saturated carbocycles. The van der Waals surface area contributed by atoms with Gasteiger partial charge in [-0.2, -0.15) is 13.2 Å². The molecule has 2 aromatic carbocycles. The van der Waals surface area contributed by atoms with E-state index in [0.717, 1.165) is 18.2 Å². The first-order valence-electron chi connectivity index (χ1n) is 6.23. The molecule has 2 rings (SSSR count). The zero-order valence-electron chi connectivity index (χ0n) is 11.4. The summed E-state index contributed by atoms with van der Waals surface area (Å²) in [5.74, 6) is -0.542. The number of benzene rings is 2. The van der Waals surface area contributed by atoms with Gasteiger partial charge in [-0.3, -0.25) is 10.1 Å². The average Bonchev–Trinajstić information content (AvgIpc) is 2.46. The lowest BCUT2D eigenvalue weighted by atomic mass is 10.2. The monoisotopic (exact) mass is 345 g/mol. The van der Waals surface area contributed by atoms with Crippen molar-refractivity contribution in [2.45, 2.75) is 16.8 Å². The number of nitro benzene ring substituents is 1. The third-order valence-electron chi connectivity index (χ3n) is 3.02. The first-order valence-corrected chi connectivity index (χ1v) is 7.88. The van der Waals surface area contributed by atoms with Gasteiger partial charge in [0.15, 0.2) is 9.84 Å². The number of rotatable bonds is 4. The molecular weight excluding hydrogens is 335 g/mol. The summed E-state index contributed by atoms with van der Waals surface area (Å²) < 4.78 is 61.8. The molecule has 5 nitrogen and oxygen atoms in total. The Hall–Kier alpha value is -2.42. The molecule has 2 aromatic rings. The van der Waals surface area contributed by atoms with Crippen LogP contribution in [0.25, 0.3) is 0 Å². The van der Waals surface area contributed by atoms with E-state index in [1.807, 2.05) is 0 Å². The van der Waals surface area contributed by atoms with Gasteiger partial charge >= 0.3 is 6.18 Å². The van der Waals surface area contributed by atoms with Crippen LogP contribution >= 0.6 is 0 Å². The van der Waals surface area contributed by atoms with Gasteiger partial charge < -0.3 is 0 Å². The molecule has 0 N–H and O–H groups in total. The maximum absolute atomic E-state index is 12.5. The van der Waals surface area contributed by atoms with Gasteiger partial charge in [0.25, 0.3) is 5.69 Å². The summed E-state index contributed by atoms with van der Waals surface area (Å²) in [6.07, 6.45) is -4.55. The van der Waals surface area contributed by atoms with E-state index in [4.69, 9.17) is 0 Å². The normalized spacial score (nSPS) is 12.1. The Morgan fingerprint density at radius 1 is 1.04 bits per heavy atom. The zero-order valence-corrected chi connectivity index (χ0v) is 12.3. The third-order valence-corrected chi connectivity index (χ3v) is 4.72. The second-order valence-corrected chi connectivity index (χ2v) is 6.70. The van der Waals surface area contributed by atoms with Crippen LogP contribution in [-0.4, -0.2) is 13.3 Å². The first kappa shape index (κ1) is 16.9. The van der Waals surface area contributed by atoms with Gasteiger partial charge in [-0.05, 0) is 29.8 Å². The molecule has 0 aliphatic rings. The highest BCUT2D eigenvalue weighted by atomic mass is 32.2. The molecule has 9 heteroatoms. The van der Waals surface area contributed by atoms with Crippen molar-refractivity contribution in [3.8, 4) is 0 Å². The van der Waals surface area contributed by atoms with Crippen molar-refractivity contribution >= 4 is 15.5 Å². The highest BCUT2D eigenvalue weighted by molar-refractivity contribution is 7.90. The summed E-state index contributed by atoms with van der Waals surface area (Å²) in [7, 11) is -3.91. The van der Waals surface area contributed by atoms with Gasteiger partial charge in [-0.1, -0.05) is 12.1 Å². The van der Waals surface area contributed by atoms with E-state index in [-0.39, 0.29) is 16.1 Å². The Bertz CT molecular complexity index is 830. The predicted octanol–water partition coefficient (Wildman–Crippen LogP) is 3.59. The molecule has 0 saturated heterocycles. The third kappa shape index (κ3) is 4.07. The van der Waals surface area contributed by atoms with Gasteiger partial charge in [-0.25, -0.2) is 8.42 Å². The minimum atomic E-state index is -4.55. The van der Waals surface area contributed by atoms with E-state index in [9.17, 15) is 31.7 Å². The minimum Gasteiger partial charge on any atom is -0.258 e. The lowest BCUT2D eigenvalue weighted by molar-refractivity contribution is -0.384. The number of hydrogen-bond donors (Lipinski definition) is 0. The van der Waals surface area contributed by atoms with Crippen molar-refractivity contribution < 1.29 is 26.5 Å². The minimum absolute atomic E-state index is 0.180.